The van der Waals surface area contributed by atoms with Crippen molar-refractivity contribution in [2.75, 3.05) is 31.0 Å². The normalized spacial score (nSPS) is 10.3. The van der Waals surface area contributed by atoms with E-state index in [0.717, 1.165) is 22.6 Å². The molecule has 2 aromatic rings. The number of nitrogens with zero attached hydrogens (tertiary/aromatic N) is 1. The second-order valence-electron chi connectivity index (χ2n) is 6.01. The average molecular weight is 372 g/mol. The molecule has 2 rings (SSSR count). The van der Waals surface area contributed by atoms with Gasteiger partial charge in [-0.3, -0.25) is 9.59 Å². The Balaban J connectivity index is 1.72. The first kappa shape index (κ1) is 19.8. The lowest BCUT2D eigenvalue weighted by molar-refractivity contribution is -0.127. The molecule has 138 valence electrons. The van der Waals surface area contributed by atoms with Gasteiger partial charge in [0.05, 0.1) is 18.6 Å². The summed E-state index contributed by atoms with van der Waals surface area (Å²) in [5, 5.41) is 2.84. The molecule has 0 aliphatic rings. The van der Waals surface area contributed by atoms with Crippen molar-refractivity contribution in [2.24, 2.45) is 0 Å². The largest absolute Gasteiger partial charge is 0.497 e. The van der Waals surface area contributed by atoms with Crippen molar-refractivity contribution in [3.63, 3.8) is 0 Å². The maximum atomic E-state index is 12.2. The number of amides is 2. The third kappa shape index (κ3) is 6.44. The number of benzene rings is 2. The van der Waals surface area contributed by atoms with Gasteiger partial charge < -0.3 is 15.0 Å². The van der Waals surface area contributed by atoms with Crippen molar-refractivity contribution >= 4 is 29.3 Å². The number of thioether (sulfide) groups is 1. The van der Waals surface area contributed by atoms with E-state index in [2.05, 4.69) is 5.32 Å². The van der Waals surface area contributed by atoms with E-state index < -0.39 is 0 Å². The van der Waals surface area contributed by atoms with Crippen LogP contribution < -0.4 is 10.1 Å². The van der Waals surface area contributed by atoms with Gasteiger partial charge in [0.1, 0.15) is 5.75 Å². The van der Waals surface area contributed by atoms with E-state index in [9.17, 15) is 9.59 Å². The van der Waals surface area contributed by atoms with Crippen LogP contribution in [0.1, 0.15) is 11.1 Å². The predicted octanol–water partition coefficient (Wildman–Crippen LogP) is 3.33. The molecule has 5 nitrogen and oxygen atoms in total. The molecule has 0 atom stereocenters. The van der Waals surface area contributed by atoms with Gasteiger partial charge in [0, 0.05) is 19.3 Å². The number of aryl methyl sites for hydroxylation is 1. The standard InChI is InChI=1S/C20H24N2O3S/c1-15-5-4-6-17(11-15)21-19(23)13-26-14-20(24)22(2)12-16-7-9-18(25-3)10-8-16/h4-11H,12-14H2,1-3H3,(H,21,23). The number of anilines is 1. The summed E-state index contributed by atoms with van der Waals surface area (Å²) in [4.78, 5) is 25.8. The lowest BCUT2D eigenvalue weighted by Crippen LogP contribution is -2.28. The highest BCUT2D eigenvalue weighted by molar-refractivity contribution is 8.00. The Kier molecular flexibility index (Phi) is 7.53. The van der Waals surface area contributed by atoms with E-state index in [1.165, 1.54) is 11.8 Å². The van der Waals surface area contributed by atoms with Crippen LogP contribution in [-0.2, 0) is 16.1 Å². The van der Waals surface area contributed by atoms with Crippen molar-refractivity contribution < 1.29 is 14.3 Å². The summed E-state index contributed by atoms with van der Waals surface area (Å²) in [5.41, 5.74) is 2.90. The fourth-order valence-corrected chi connectivity index (χ4v) is 3.11. The summed E-state index contributed by atoms with van der Waals surface area (Å²) in [6.07, 6.45) is 0. The molecule has 0 bridgehead atoms. The van der Waals surface area contributed by atoms with Crippen LogP contribution in [0.5, 0.6) is 5.75 Å². The number of ether oxygens (including phenoxy) is 1. The van der Waals surface area contributed by atoms with Crippen molar-refractivity contribution in [1.29, 1.82) is 0 Å². The van der Waals surface area contributed by atoms with E-state index in [1.54, 1.807) is 19.1 Å². The van der Waals surface area contributed by atoms with Crippen molar-refractivity contribution in [1.82, 2.24) is 4.90 Å². The molecule has 0 unspecified atom stereocenters. The van der Waals surface area contributed by atoms with Gasteiger partial charge in [0.15, 0.2) is 0 Å². The molecule has 0 heterocycles. The van der Waals surface area contributed by atoms with Gasteiger partial charge >= 0.3 is 0 Å². The molecule has 1 N–H and O–H groups in total. The van der Waals surface area contributed by atoms with Gasteiger partial charge in [0.2, 0.25) is 11.8 Å². The first-order chi connectivity index (χ1) is 12.5. The first-order valence-corrected chi connectivity index (χ1v) is 9.44. The Morgan fingerprint density at radius 1 is 1.12 bits per heavy atom. The number of nitrogens with one attached hydrogen (secondary N) is 1. The lowest BCUT2D eigenvalue weighted by atomic mass is 10.2. The smallest absolute Gasteiger partial charge is 0.234 e. The summed E-state index contributed by atoms with van der Waals surface area (Å²) in [5.74, 6) is 1.20. The Labute approximate surface area is 158 Å². The van der Waals surface area contributed by atoms with E-state index in [-0.39, 0.29) is 23.3 Å². The molecule has 2 aromatic carbocycles. The van der Waals surface area contributed by atoms with Crippen LogP contribution in [0.15, 0.2) is 48.5 Å². The van der Waals surface area contributed by atoms with Gasteiger partial charge in [-0.15, -0.1) is 11.8 Å². The molecule has 0 spiro atoms. The second kappa shape index (κ2) is 9.87. The van der Waals surface area contributed by atoms with Crippen LogP contribution in [0.3, 0.4) is 0 Å². The van der Waals surface area contributed by atoms with E-state index in [4.69, 9.17) is 4.74 Å². The van der Waals surface area contributed by atoms with Crippen LogP contribution >= 0.6 is 11.8 Å². The lowest BCUT2D eigenvalue weighted by Gasteiger charge is -2.17. The van der Waals surface area contributed by atoms with Gasteiger partial charge in [-0.05, 0) is 42.3 Å². The Morgan fingerprint density at radius 3 is 2.50 bits per heavy atom. The molecule has 0 aromatic heterocycles. The highest BCUT2D eigenvalue weighted by Gasteiger charge is 2.11. The molecule has 0 aliphatic heterocycles. The molecule has 0 fully saturated rings. The summed E-state index contributed by atoms with van der Waals surface area (Å²) in [6.45, 7) is 2.50. The second-order valence-corrected chi connectivity index (χ2v) is 6.99. The SMILES string of the molecule is COc1ccc(CN(C)C(=O)CSCC(=O)Nc2cccc(C)c2)cc1. The highest BCUT2D eigenvalue weighted by Crippen LogP contribution is 2.14. The molecule has 6 heteroatoms. The minimum atomic E-state index is -0.105. The van der Waals surface area contributed by atoms with Crippen LogP contribution in [0.4, 0.5) is 5.69 Å². The summed E-state index contributed by atoms with van der Waals surface area (Å²) < 4.78 is 5.12. The number of hydrogen-bond donors (Lipinski definition) is 1. The van der Waals surface area contributed by atoms with E-state index in [0.29, 0.717) is 6.54 Å². The topological polar surface area (TPSA) is 58.6 Å². The zero-order valence-corrected chi connectivity index (χ0v) is 16.1. The molecule has 0 saturated heterocycles. The average Bonchev–Trinajstić information content (AvgIpc) is 2.62. The summed E-state index contributed by atoms with van der Waals surface area (Å²) >= 11 is 1.31. The van der Waals surface area contributed by atoms with Crippen LogP contribution in [0.25, 0.3) is 0 Å². The minimum absolute atomic E-state index is 0.00539. The Bertz CT molecular complexity index is 747. The number of rotatable bonds is 8. The Morgan fingerprint density at radius 2 is 1.85 bits per heavy atom. The quantitative estimate of drug-likeness (QED) is 0.772. The van der Waals surface area contributed by atoms with Crippen LogP contribution in [-0.4, -0.2) is 42.4 Å². The third-order valence-corrected chi connectivity index (χ3v) is 4.68. The van der Waals surface area contributed by atoms with Gasteiger partial charge in [-0.2, -0.15) is 0 Å². The maximum Gasteiger partial charge on any atom is 0.234 e. The molecule has 0 saturated carbocycles. The fraction of sp³-hybridized carbons (Fsp3) is 0.300. The maximum absolute atomic E-state index is 12.2. The number of carbonyl (C=O) groups is 2. The van der Waals surface area contributed by atoms with E-state index >= 15 is 0 Å². The molecular formula is C20H24N2O3S. The van der Waals surface area contributed by atoms with Crippen LogP contribution in [0, 0.1) is 6.92 Å². The van der Waals surface area contributed by atoms with Crippen LogP contribution in [0.2, 0.25) is 0 Å². The molecular weight excluding hydrogens is 348 g/mol. The fourth-order valence-electron chi connectivity index (χ4n) is 2.35. The minimum Gasteiger partial charge on any atom is -0.497 e. The third-order valence-electron chi connectivity index (χ3n) is 3.77. The zero-order chi connectivity index (χ0) is 18.9. The van der Waals surface area contributed by atoms with Crippen molar-refractivity contribution in [2.45, 2.75) is 13.5 Å². The zero-order valence-electron chi connectivity index (χ0n) is 15.3. The van der Waals surface area contributed by atoms with Crippen molar-refractivity contribution in [3.8, 4) is 5.75 Å². The number of hydrogen-bond acceptors (Lipinski definition) is 4. The van der Waals surface area contributed by atoms with Gasteiger partial charge in [-0.1, -0.05) is 24.3 Å². The highest BCUT2D eigenvalue weighted by atomic mass is 32.2. The molecule has 0 aliphatic carbocycles. The van der Waals surface area contributed by atoms with Crippen molar-refractivity contribution in [3.05, 3.63) is 59.7 Å². The first-order valence-electron chi connectivity index (χ1n) is 8.29. The number of carbonyl (C=O) groups excluding carboxylic acids is 2. The predicted molar refractivity (Wildman–Crippen MR) is 107 cm³/mol. The van der Waals surface area contributed by atoms with E-state index in [1.807, 2.05) is 55.5 Å². The number of methoxy groups -OCH3 is 1. The summed E-state index contributed by atoms with van der Waals surface area (Å²) in [7, 11) is 3.39. The Hall–Kier alpha value is -2.47. The summed E-state index contributed by atoms with van der Waals surface area (Å²) in [6, 6.07) is 15.3. The molecule has 0 radical (unpaired) electrons. The molecule has 2 amide bonds. The van der Waals surface area contributed by atoms with Gasteiger partial charge in [-0.25, -0.2) is 0 Å². The molecule has 26 heavy (non-hydrogen) atoms. The monoisotopic (exact) mass is 372 g/mol. The van der Waals surface area contributed by atoms with Gasteiger partial charge in [0.25, 0.3) is 0 Å².